The van der Waals surface area contributed by atoms with Gasteiger partial charge in [0, 0.05) is 43.9 Å². The van der Waals surface area contributed by atoms with Gasteiger partial charge in [-0.05, 0) is 31.5 Å². The van der Waals surface area contributed by atoms with Gasteiger partial charge in [0.25, 0.3) is 0 Å². The molecule has 6 nitrogen and oxygen atoms in total. The second-order valence-electron chi connectivity index (χ2n) is 7.98. The lowest BCUT2D eigenvalue weighted by molar-refractivity contribution is -0.123. The number of aromatic nitrogens is 2. The van der Waals surface area contributed by atoms with Crippen LogP contribution in [0.25, 0.3) is 0 Å². The minimum Gasteiger partial charge on any atom is -0.354 e. The normalized spacial score (nSPS) is 16.1. The summed E-state index contributed by atoms with van der Waals surface area (Å²) in [5.74, 6) is 1.84. The molecule has 1 aromatic carbocycles. The highest BCUT2D eigenvalue weighted by atomic mass is 19.1. The van der Waals surface area contributed by atoms with Crippen LogP contribution in [0.4, 0.5) is 10.2 Å². The summed E-state index contributed by atoms with van der Waals surface area (Å²) < 4.78 is 13.1. The van der Waals surface area contributed by atoms with E-state index in [2.05, 4.69) is 33.9 Å². The van der Waals surface area contributed by atoms with Crippen LogP contribution in [0.1, 0.15) is 49.8 Å². The molecule has 0 spiro atoms. The van der Waals surface area contributed by atoms with Gasteiger partial charge in [0.15, 0.2) is 0 Å². The van der Waals surface area contributed by atoms with Gasteiger partial charge in [0.2, 0.25) is 5.91 Å². The molecule has 0 radical (unpaired) electrons. The molecule has 1 saturated heterocycles. The molecular formula is C22H30FN5O. The lowest BCUT2D eigenvalue weighted by Gasteiger charge is -2.35. The molecule has 1 aliphatic rings. The number of aryl methyl sites for hydroxylation is 1. The Balaban J connectivity index is 1.50. The van der Waals surface area contributed by atoms with E-state index in [1.807, 2.05) is 19.9 Å². The Hall–Kier alpha value is -2.54. The zero-order valence-corrected chi connectivity index (χ0v) is 17.7. The number of amides is 1. The van der Waals surface area contributed by atoms with E-state index in [4.69, 9.17) is 4.98 Å². The Labute approximate surface area is 172 Å². The highest BCUT2D eigenvalue weighted by Gasteiger charge is 2.21. The van der Waals surface area contributed by atoms with Gasteiger partial charge < -0.3 is 10.2 Å². The SMILES string of the molecule is Cc1cc(N2CCN(CC(=O)N[C@H](C)c3ccc(F)cc3)CC2)nc(C(C)C)n1. The summed E-state index contributed by atoms with van der Waals surface area (Å²) in [6.45, 7) is 11.7. The lowest BCUT2D eigenvalue weighted by Crippen LogP contribution is -2.50. The monoisotopic (exact) mass is 399 g/mol. The van der Waals surface area contributed by atoms with Crippen LogP contribution >= 0.6 is 0 Å². The van der Waals surface area contributed by atoms with E-state index in [9.17, 15) is 9.18 Å². The van der Waals surface area contributed by atoms with Crippen LogP contribution < -0.4 is 10.2 Å². The van der Waals surface area contributed by atoms with Gasteiger partial charge in [-0.1, -0.05) is 26.0 Å². The first-order valence-corrected chi connectivity index (χ1v) is 10.2. The number of nitrogens with zero attached hydrogens (tertiary/aromatic N) is 4. The molecule has 0 aliphatic carbocycles. The number of hydrogen-bond donors (Lipinski definition) is 1. The van der Waals surface area contributed by atoms with E-state index in [0.717, 1.165) is 49.1 Å². The molecule has 3 rings (SSSR count). The van der Waals surface area contributed by atoms with Crippen molar-refractivity contribution in [2.24, 2.45) is 0 Å². The first kappa shape index (κ1) is 21.2. The third-order valence-corrected chi connectivity index (χ3v) is 5.19. The largest absolute Gasteiger partial charge is 0.354 e. The van der Waals surface area contributed by atoms with E-state index < -0.39 is 0 Å². The molecule has 156 valence electrons. The van der Waals surface area contributed by atoms with Gasteiger partial charge in [0.1, 0.15) is 17.5 Å². The van der Waals surface area contributed by atoms with E-state index in [1.165, 1.54) is 12.1 Å². The number of benzene rings is 1. The molecule has 1 atom stereocenters. The van der Waals surface area contributed by atoms with Crippen molar-refractivity contribution in [1.29, 1.82) is 0 Å². The number of halogens is 1. The van der Waals surface area contributed by atoms with Crippen molar-refractivity contribution in [3.8, 4) is 0 Å². The molecular weight excluding hydrogens is 369 g/mol. The van der Waals surface area contributed by atoms with Crippen molar-refractivity contribution in [1.82, 2.24) is 20.2 Å². The van der Waals surface area contributed by atoms with Gasteiger partial charge in [-0.2, -0.15) is 0 Å². The molecule has 0 unspecified atom stereocenters. The van der Waals surface area contributed by atoms with Crippen LogP contribution in [0.2, 0.25) is 0 Å². The summed E-state index contributed by atoms with van der Waals surface area (Å²) in [6.07, 6.45) is 0. The van der Waals surface area contributed by atoms with Crippen molar-refractivity contribution >= 4 is 11.7 Å². The lowest BCUT2D eigenvalue weighted by atomic mass is 10.1. The molecule has 1 fully saturated rings. The third kappa shape index (κ3) is 5.73. The van der Waals surface area contributed by atoms with Crippen LogP contribution in [0.3, 0.4) is 0 Å². The number of hydrogen-bond acceptors (Lipinski definition) is 5. The molecule has 0 saturated carbocycles. The standard InChI is InChI=1S/C22H30FN5O/c1-15(2)22-24-16(3)13-20(26-22)28-11-9-27(10-12-28)14-21(29)25-17(4)18-5-7-19(23)8-6-18/h5-8,13,15,17H,9-12,14H2,1-4H3,(H,25,29)/t17-/m1/s1. The second-order valence-corrected chi connectivity index (χ2v) is 7.98. The fourth-order valence-corrected chi connectivity index (χ4v) is 3.45. The smallest absolute Gasteiger partial charge is 0.234 e. The van der Waals surface area contributed by atoms with Gasteiger partial charge in [0.05, 0.1) is 12.6 Å². The Morgan fingerprint density at radius 1 is 1.10 bits per heavy atom. The number of nitrogens with one attached hydrogen (secondary N) is 1. The van der Waals surface area contributed by atoms with Crippen molar-refractivity contribution in [3.63, 3.8) is 0 Å². The predicted molar refractivity (Wildman–Crippen MR) is 112 cm³/mol. The predicted octanol–water partition coefficient (Wildman–Crippen LogP) is 3.05. The van der Waals surface area contributed by atoms with E-state index in [0.29, 0.717) is 12.5 Å². The van der Waals surface area contributed by atoms with Gasteiger partial charge in [-0.25, -0.2) is 14.4 Å². The summed E-state index contributed by atoms with van der Waals surface area (Å²) in [5.41, 5.74) is 1.87. The quantitative estimate of drug-likeness (QED) is 0.809. The minimum absolute atomic E-state index is 0.0183. The molecule has 1 aromatic heterocycles. The molecule has 7 heteroatoms. The number of piperazine rings is 1. The van der Waals surface area contributed by atoms with Gasteiger partial charge in [-0.3, -0.25) is 9.69 Å². The number of carbonyl (C=O) groups excluding carboxylic acids is 1. The number of anilines is 1. The zero-order chi connectivity index (χ0) is 21.0. The second kappa shape index (κ2) is 9.31. The molecule has 1 aliphatic heterocycles. The third-order valence-electron chi connectivity index (χ3n) is 5.19. The average Bonchev–Trinajstić information content (AvgIpc) is 2.68. The fraction of sp³-hybridized carbons (Fsp3) is 0.500. The first-order valence-electron chi connectivity index (χ1n) is 10.2. The van der Waals surface area contributed by atoms with Crippen LogP contribution in [0.15, 0.2) is 30.3 Å². The number of carbonyl (C=O) groups is 1. The summed E-state index contributed by atoms with van der Waals surface area (Å²) in [4.78, 5) is 26.1. The molecule has 1 amide bonds. The summed E-state index contributed by atoms with van der Waals surface area (Å²) >= 11 is 0. The van der Waals surface area contributed by atoms with Crippen molar-refractivity contribution in [2.45, 2.75) is 39.7 Å². The Morgan fingerprint density at radius 2 is 1.76 bits per heavy atom. The fourth-order valence-electron chi connectivity index (χ4n) is 3.45. The summed E-state index contributed by atoms with van der Waals surface area (Å²) in [5, 5.41) is 3.00. The van der Waals surface area contributed by atoms with Crippen LogP contribution in [0.5, 0.6) is 0 Å². The first-order chi connectivity index (χ1) is 13.8. The van der Waals surface area contributed by atoms with Crippen molar-refractivity contribution in [2.75, 3.05) is 37.6 Å². The maximum Gasteiger partial charge on any atom is 0.234 e. The molecule has 29 heavy (non-hydrogen) atoms. The Bertz CT molecular complexity index is 832. The summed E-state index contributed by atoms with van der Waals surface area (Å²) in [7, 11) is 0. The maximum atomic E-state index is 13.1. The van der Waals surface area contributed by atoms with Gasteiger partial charge >= 0.3 is 0 Å². The Kier molecular flexibility index (Phi) is 6.79. The molecule has 2 aromatic rings. The number of rotatable bonds is 6. The highest BCUT2D eigenvalue weighted by molar-refractivity contribution is 5.78. The molecule has 1 N–H and O–H groups in total. The summed E-state index contributed by atoms with van der Waals surface area (Å²) in [6, 6.07) is 8.11. The molecule has 2 heterocycles. The average molecular weight is 400 g/mol. The van der Waals surface area contributed by atoms with Crippen molar-refractivity contribution in [3.05, 3.63) is 53.2 Å². The minimum atomic E-state index is -0.274. The van der Waals surface area contributed by atoms with Crippen LogP contribution in [-0.2, 0) is 4.79 Å². The highest BCUT2D eigenvalue weighted by Crippen LogP contribution is 2.19. The Morgan fingerprint density at radius 3 is 2.38 bits per heavy atom. The van der Waals surface area contributed by atoms with Crippen molar-refractivity contribution < 1.29 is 9.18 Å². The van der Waals surface area contributed by atoms with Gasteiger partial charge in [-0.15, -0.1) is 0 Å². The van der Waals surface area contributed by atoms with E-state index in [1.54, 1.807) is 12.1 Å². The van der Waals surface area contributed by atoms with Crippen LogP contribution in [-0.4, -0.2) is 53.5 Å². The molecule has 0 bridgehead atoms. The van der Waals surface area contributed by atoms with Crippen LogP contribution in [0, 0.1) is 12.7 Å². The topological polar surface area (TPSA) is 61.4 Å². The zero-order valence-electron chi connectivity index (χ0n) is 17.7. The maximum absolute atomic E-state index is 13.1. The van der Waals surface area contributed by atoms with E-state index in [-0.39, 0.29) is 17.8 Å². The van der Waals surface area contributed by atoms with E-state index >= 15 is 0 Å².